The first-order chi connectivity index (χ1) is 9.66. The zero-order valence-corrected chi connectivity index (χ0v) is 13.1. The van der Waals surface area contributed by atoms with Gasteiger partial charge in [0.1, 0.15) is 0 Å². The minimum absolute atomic E-state index is 0.000310. The lowest BCUT2D eigenvalue weighted by Gasteiger charge is -2.45. The lowest BCUT2D eigenvalue weighted by molar-refractivity contribution is 0.244. The SMILES string of the molecule is CC(N)c1ccc(N2CCCC3CCCCC32)cc1Cl. The minimum Gasteiger partial charge on any atom is -0.368 e. The molecule has 3 unspecified atom stereocenters. The molecule has 20 heavy (non-hydrogen) atoms. The fraction of sp³-hybridized carbons (Fsp3) is 0.647. The highest BCUT2D eigenvalue weighted by atomic mass is 35.5. The predicted octanol–water partition coefficient (Wildman–Crippen LogP) is 4.52. The second-order valence-electron chi connectivity index (χ2n) is 6.44. The molecule has 0 amide bonds. The number of halogens is 1. The van der Waals surface area contributed by atoms with Crippen LogP contribution in [0.2, 0.25) is 5.02 Å². The van der Waals surface area contributed by atoms with Crippen LogP contribution in [0.25, 0.3) is 0 Å². The molecule has 2 nitrogen and oxygen atoms in total. The molecule has 3 heteroatoms. The van der Waals surface area contributed by atoms with E-state index in [4.69, 9.17) is 17.3 Å². The van der Waals surface area contributed by atoms with Crippen molar-refractivity contribution in [2.45, 2.75) is 57.5 Å². The van der Waals surface area contributed by atoms with Crippen molar-refractivity contribution in [2.24, 2.45) is 11.7 Å². The van der Waals surface area contributed by atoms with E-state index in [0.717, 1.165) is 22.5 Å². The number of rotatable bonds is 2. The fourth-order valence-electron chi connectivity index (χ4n) is 4.01. The van der Waals surface area contributed by atoms with Crippen molar-refractivity contribution in [3.05, 3.63) is 28.8 Å². The summed E-state index contributed by atoms with van der Waals surface area (Å²) in [6.45, 7) is 3.16. The summed E-state index contributed by atoms with van der Waals surface area (Å²) in [6.07, 6.45) is 8.27. The molecule has 0 bridgehead atoms. The number of piperidine rings is 1. The Bertz CT molecular complexity index is 470. The summed E-state index contributed by atoms with van der Waals surface area (Å²) >= 11 is 6.41. The van der Waals surface area contributed by atoms with Gasteiger partial charge in [0.2, 0.25) is 0 Å². The van der Waals surface area contributed by atoms with Crippen LogP contribution in [-0.4, -0.2) is 12.6 Å². The van der Waals surface area contributed by atoms with Crippen molar-refractivity contribution >= 4 is 17.3 Å². The Morgan fingerprint density at radius 3 is 2.70 bits per heavy atom. The van der Waals surface area contributed by atoms with E-state index in [-0.39, 0.29) is 6.04 Å². The number of anilines is 1. The van der Waals surface area contributed by atoms with Gasteiger partial charge in [-0.25, -0.2) is 0 Å². The summed E-state index contributed by atoms with van der Waals surface area (Å²) in [7, 11) is 0. The van der Waals surface area contributed by atoms with E-state index in [2.05, 4.69) is 23.1 Å². The highest BCUT2D eigenvalue weighted by Gasteiger charge is 2.33. The van der Waals surface area contributed by atoms with E-state index in [1.807, 2.05) is 6.92 Å². The van der Waals surface area contributed by atoms with Gasteiger partial charge in [-0.2, -0.15) is 0 Å². The molecular weight excluding hydrogens is 268 g/mol. The van der Waals surface area contributed by atoms with E-state index < -0.39 is 0 Å². The lowest BCUT2D eigenvalue weighted by atomic mass is 9.78. The van der Waals surface area contributed by atoms with Gasteiger partial charge >= 0.3 is 0 Å². The molecule has 2 N–H and O–H groups in total. The Morgan fingerprint density at radius 1 is 1.20 bits per heavy atom. The van der Waals surface area contributed by atoms with Gasteiger partial charge in [-0.3, -0.25) is 0 Å². The van der Waals surface area contributed by atoms with Crippen LogP contribution in [0.15, 0.2) is 18.2 Å². The molecule has 3 atom stereocenters. The maximum absolute atomic E-state index is 6.41. The maximum atomic E-state index is 6.41. The van der Waals surface area contributed by atoms with Gasteiger partial charge in [-0.1, -0.05) is 30.5 Å². The van der Waals surface area contributed by atoms with Crippen LogP contribution in [0.1, 0.15) is 57.1 Å². The van der Waals surface area contributed by atoms with Crippen molar-refractivity contribution in [3.63, 3.8) is 0 Å². The van der Waals surface area contributed by atoms with Crippen molar-refractivity contribution < 1.29 is 0 Å². The Labute approximate surface area is 127 Å². The van der Waals surface area contributed by atoms with Crippen LogP contribution >= 0.6 is 11.6 Å². The fourth-order valence-corrected chi connectivity index (χ4v) is 4.36. The second kappa shape index (κ2) is 5.95. The molecule has 1 saturated carbocycles. The van der Waals surface area contributed by atoms with E-state index in [1.54, 1.807) is 0 Å². The van der Waals surface area contributed by atoms with E-state index in [0.29, 0.717) is 0 Å². The predicted molar refractivity (Wildman–Crippen MR) is 86.4 cm³/mol. The van der Waals surface area contributed by atoms with E-state index in [9.17, 15) is 0 Å². The summed E-state index contributed by atoms with van der Waals surface area (Å²) in [6, 6.07) is 7.17. The van der Waals surface area contributed by atoms with Crippen LogP contribution in [0.3, 0.4) is 0 Å². The summed E-state index contributed by atoms with van der Waals surface area (Å²) in [5, 5.41) is 0.815. The first kappa shape index (κ1) is 14.2. The normalized spacial score (nSPS) is 28.1. The Kier molecular flexibility index (Phi) is 4.23. The smallest absolute Gasteiger partial charge is 0.0474 e. The molecule has 1 heterocycles. The topological polar surface area (TPSA) is 29.3 Å². The highest BCUT2D eigenvalue weighted by molar-refractivity contribution is 6.31. The van der Waals surface area contributed by atoms with Crippen LogP contribution in [-0.2, 0) is 0 Å². The second-order valence-corrected chi connectivity index (χ2v) is 6.85. The lowest BCUT2D eigenvalue weighted by Crippen LogP contribution is -2.46. The van der Waals surface area contributed by atoms with Crippen molar-refractivity contribution in [1.82, 2.24) is 0 Å². The van der Waals surface area contributed by atoms with Gasteiger partial charge in [0.15, 0.2) is 0 Å². The first-order valence-corrected chi connectivity index (χ1v) is 8.36. The quantitative estimate of drug-likeness (QED) is 0.868. The van der Waals surface area contributed by atoms with Gasteiger partial charge in [0.25, 0.3) is 0 Å². The van der Waals surface area contributed by atoms with Crippen LogP contribution in [0.5, 0.6) is 0 Å². The molecule has 1 aliphatic heterocycles. The van der Waals surface area contributed by atoms with Crippen molar-refractivity contribution in [3.8, 4) is 0 Å². The van der Waals surface area contributed by atoms with Gasteiger partial charge in [-0.15, -0.1) is 0 Å². The molecule has 0 aromatic heterocycles. The zero-order valence-electron chi connectivity index (χ0n) is 12.3. The molecule has 1 saturated heterocycles. The number of nitrogens with two attached hydrogens (primary N) is 1. The molecule has 1 aromatic carbocycles. The van der Waals surface area contributed by atoms with Crippen LogP contribution < -0.4 is 10.6 Å². The van der Waals surface area contributed by atoms with Gasteiger partial charge in [0, 0.05) is 29.3 Å². The Morgan fingerprint density at radius 2 is 1.95 bits per heavy atom. The number of hydrogen-bond donors (Lipinski definition) is 1. The van der Waals surface area contributed by atoms with E-state index in [1.165, 1.54) is 50.8 Å². The molecule has 1 aliphatic carbocycles. The molecule has 1 aromatic rings. The summed E-state index contributed by atoms with van der Waals surface area (Å²) < 4.78 is 0. The van der Waals surface area contributed by atoms with Crippen LogP contribution in [0.4, 0.5) is 5.69 Å². The zero-order chi connectivity index (χ0) is 14.1. The maximum Gasteiger partial charge on any atom is 0.0474 e. The third-order valence-electron chi connectivity index (χ3n) is 5.05. The number of nitrogens with zero attached hydrogens (tertiary/aromatic N) is 1. The minimum atomic E-state index is 0.000310. The summed E-state index contributed by atoms with van der Waals surface area (Å²) in [4.78, 5) is 2.60. The molecule has 0 spiro atoms. The number of fused-ring (bicyclic) bond motifs is 1. The standard InChI is InChI=1S/C17H25ClN2/c1-12(19)15-9-8-14(11-16(15)18)20-10-4-6-13-5-2-3-7-17(13)20/h8-9,11-13,17H,2-7,10,19H2,1H3. The highest BCUT2D eigenvalue weighted by Crippen LogP contribution is 2.38. The largest absolute Gasteiger partial charge is 0.368 e. The molecule has 2 aliphatic rings. The van der Waals surface area contributed by atoms with Gasteiger partial charge in [0.05, 0.1) is 0 Å². The van der Waals surface area contributed by atoms with Crippen LogP contribution in [0, 0.1) is 5.92 Å². The van der Waals surface area contributed by atoms with Gasteiger partial charge in [-0.05, 0) is 56.2 Å². The van der Waals surface area contributed by atoms with E-state index >= 15 is 0 Å². The Hall–Kier alpha value is -0.730. The number of benzene rings is 1. The molecular formula is C17H25ClN2. The molecule has 0 radical (unpaired) electrons. The Balaban J connectivity index is 1.85. The average molecular weight is 293 g/mol. The average Bonchev–Trinajstić information content (AvgIpc) is 2.46. The molecule has 3 rings (SSSR count). The number of hydrogen-bond acceptors (Lipinski definition) is 2. The van der Waals surface area contributed by atoms with Crippen molar-refractivity contribution in [2.75, 3.05) is 11.4 Å². The first-order valence-electron chi connectivity index (χ1n) is 7.98. The monoisotopic (exact) mass is 292 g/mol. The third kappa shape index (κ3) is 2.68. The summed E-state index contributed by atoms with van der Waals surface area (Å²) in [5.74, 6) is 0.893. The summed E-state index contributed by atoms with van der Waals surface area (Å²) in [5.41, 5.74) is 8.29. The molecule has 110 valence electrons. The molecule has 2 fully saturated rings. The third-order valence-corrected chi connectivity index (χ3v) is 5.38. The van der Waals surface area contributed by atoms with Gasteiger partial charge < -0.3 is 10.6 Å². The van der Waals surface area contributed by atoms with Crippen molar-refractivity contribution in [1.29, 1.82) is 0 Å².